The van der Waals surface area contributed by atoms with Crippen molar-refractivity contribution in [3.63, 3.8) is 0 Å². The molecule has 0 radical (unpaired) electrons. The standard InChI is InChI=1S/C21H25N3O3/c1-14(2)27-17-12-10-16(11-13-17)23-21(26)19-9-5-8-18(24-19)20(25)22-15-6-3-4-7-15/h5,8-15H,3-4,6-7H2,1-2H3,(H,22,25)(H,23,26). The van der Waals surface area contributed by atoms with Crippen molar-refractivity contribution in [3.8, 4) is 5.75 Å². The SMILES string of the molecule is CC(C)Oc1ccc(NC(=O)c2cccc(C(=O)NC3CCCC3)n2)cc1. The van der Waals surface area contributed by atoms with Gasteiger partial charge in [0, 0.05) is 11.7 Å². The Morgan fingerprint density at radius 1 is 1.00 bits per heavy atom. The highest BCUT2D eigenvalue weighted by molar-refractivity contribution is 6.03. The lowest BCUT2D eigenvalue weighted by Crippen LogP contribution is -2.33. The van der Waals surface area contributed by atoms with E-state index in [-0.39, 0.29) is 35.3 Å². The molecule has 1 saturated carbocycles. The number of nitrogens with one attached hydrogen (secondary N) is 2. The fourth-order valence-electron chi connectivity index (χ4n) is 3.10. The van der Waals surface area contributed by atoms with Crippen molar-refractivity contribution >= 4 is 17.5 Å². The molecular formula is C21H25N3O3. The number of anilines is 1. The van der Waals surface area contributed by atoms with Gasteiger partial charge in [0.1, 0.15) is 17.1 Å². The maximum absolute atomic E-state index is 12.5. The number of amides is 2. The summed E-state index contributed by atoms with van der Waals surface area (Å²) >= 11 is 0. The van der Waals surface area contributed by atoms with E-state index in [1.54, 1.807) is 42.5 Å². The molecule has 142 valence electrons. The fourth-order valence-corrected chi connectivity index (χ4v) is 3.10. The van der Waals surface area contributed by atoms with Crippen molar-refractivity contribution in [3.05, 3.63) is 53.9 Å². The first kappa shape index (κ1) is 18.9. The summed E-state index contributed by atoms with van der Waals surface area (Å²) in [6.07, 6.45) is 4.38. The zero-order chi connectivity index (χ0) is 19.2. The number of aromatic nitrogens is 1. The summed E-state index contributed by atoms with van der Waals surface area (Å²) in [4.78, 5) is 29.0. The molecule has 1 aliphatic carbocycles. The van der Waals surface area contributed by atoms with Crippen molar-refractivity contribution in [1.82, 2.24) is 10.3 Å². The molecule has 6 nitrogen and oxygen atoms in total. The van der Waals surface area contributed by atoms with Crippen LogP contribution in [0.1, 0.15) is 60.5 Å². The summed E-state index contributed by atoms with van der Waals surface area (Å²) in [5.41, 5.74) is 1.10. The molecule has 0 bridgehead atoms. The third-order valence-electron chi connectivity index (χ3n) is 4.39. The minimum atomic E-state index is -0.358. The maximum atomic E-state index is 12.5. The second kappa shape index (κ2) is 8.66. The van der Waals surface area contributed by atoms with Gasteiger partial charge in [-0.1, -0.05) is 18.9 Å². The molecule has 1 aliphatic rings. The van der Waals surface area contributed by atoms with Gasteiger partial charge in [0.15, 0.2) is 0 Å². The van der Waals surface area contributed by atoms with Gasteiger partial charge in [-0.2, -0.15) is 0 Å². The van der Waals surface area contributed by atoms with Crippen LogP contribution in [0.25, 0.3) is 0 Å². The molecule has 27 heavy (non-hydrogen) atoms. The number of nitrogens with zero attached hydrogens (tertiary/aromatic N) is 1. The highest BCUT2D eigenvalue weighted by Crippen LogP contribution is 2.19. The molecule has 1 heterocycles. The highest BCUT2D eigenvalue weighted by Gasteiger charge is 2.19. The quantitative estimate of drug-likeness (QED) is 0.814. The van der Waals surface area contributed by atoms with Crippen LogP contribution in [0.4, 0.5) is 5.69 Å². The summed E-state index contributed by atoms with van der Waals surface area (Å²) in [6.45, 7) is 3.91. The number of rotatable bonds is 6. The Balaban J connectivity index is 1.63. The first-order chi connectivity index (χ1) is 13.0. The number of pyridine rings is 1. The predicted octanol–water partition coefficient (Wildman–Crippen LogP) is 3.79. The van der Waals surface area contributed by atoms with Crippen LogP contribution in [0.5, 0.6) is 5.75 Å². The molecule has 3 rings (SSSR count). The number of carbonyl (C=O) groups excluding carboxylic acids is 2. The van der Waals surface area contributed by atoms with Gasteiger partial charge in [-0.05, 0) is 63.1 Å². The van der Waals surface area contributed by atoms with Crippen LogP contribution in [0, 0.1) is 0 Å². The van der Waals surface area contributed by atoms with Crippen molar-refractivity contribution in [2.24, 2.45) is 0 Å². The van der Waals surface area contributed by atoms with E-state index in [9.17, 15) is 9.59 Å². The van der Waals surface area contributed by atoms with Gasteiger partial charge >= 0.3 is 0 Å². The van der Waals surface area contributed by atoms with Gasteiger partial charge in [0.2, 0.25) is 0 Å². The summed E-state index contributed by atoms with van der Waals surface area (Å²) in [5, 5.41) is 5.77. The third kappa shape index (κ3) is 5.29. The van der Waals surface area contributed by atoms with E-state index in [2.05, 4.69) is 15.6 Å². The maximum Gasteiger partial charge on any atom is 0.274 e. The number of hydrogen-bond donors (Lipinski definition) is 2. The Kier molecular flexibility index (Phi) is 6.06. The van der Waals surface area contributed by atoms with E-state index < -0.39 is 0 Å². The summed E-state index contributed by atoms with van der Waals surface area (Å²) in [6, 6.07) is 12.2. The molecule has 1 fully saturated rings. The van der Waals surface area contributed by atoms with Crippen LogP contribution < -0.4 is 15.4 Å². The van der Waals surface area contributed by atoms with E-state index in [0.717, 1.165) is 31.4 Å². The van der Waals surface area contributed by atoms with E-state index in [4.69, 9.17) is 4.74 Å². The monoisotopic (exact) mass is 367 g/mol. The Morgan fingerprint density at radius 2 is 1.63 bits per heavy atom. The van der Waals surface area contributed by atoms with Crippen LogP contribution >= 0.6 is 0 Å². The summed E-state index contributed by atoms with van der Waals surface area (Å²) in [5.74, 6) is 0.154. The fraction of sp³-hybridized carbons (Fsp3) is 0.381. The van der Waals surface area contributed by atoms with Crippen molar-refractivity contribution in [2.45, 2.75) is 51.7 Å². The first-order valence-corrected chi connectivity index (χ1v) is 9.37. The van der Waals surface area contributed by atoms with Crippen LogP contribution in [-0.2, 0) is 0 Å². The lowest BCUT2D eigenvalue weighted by Gasteiger charge is -2.12. The predicted molar refractivity (Wildman–Crippen MR) is 104 cm³/mol. The second-order valence-corrected chi connectivity index (χ2v) is 7.01. The molecule has 0 atom stereocenters. The molecule has 1 aromatic carbocycles. The average Bonchev–Trinajstić information content (AvgIpc) is 3.16. The van der Waals surface area contributed by atoms with Crippen LogP contribution in [0.3, 0.4) is 0 Å². The van der Waals surface area contributed by atoms with E-state index in [1.165, 1.54) is 0 Å². The number of carbonyl (C=O) groups is 2. The summed E-state index contributed by atoms with van der Waals surface area (Å²) < 4.78 is 5.59. The van der Waals surface area contributed by atoms with Gasteiger partial charge in [0.05, 0.1) is 6.10 Å². The third-order valence-corrected chi connectivity index (χ3v) is 4.39. The molecule has 2 aromatic rings. The number of ether oxygens (including phenoxy) is 1. The van der Waals surface area contributed by atoms with Gasteiger partial charge < -0.3 is 15.4 Å². The molecule has 1 aromatic heterocycles. The minimum Gasteiger partial charge on any atom is -0.491 e. The van der Waals surface area contributed by atoms with Crippen molar-refractivity contribution in [2.75, 3.05) is 5.32 Å². The Bertz CT molecular complexity index is 797. The average molecular weight is 367 g/mol. The van der Waals surface area contributed by atoms with Gasteiger partial charge in [-0.15, -0.1) is 0 Å². The van der Waals surface area contributed by atoms with Crippen LogP contribution in [0.15, 0.2) is 42.5 Å². The highest BCUT2D eigenvalue weighted by atomic mass is 16.5. The number of hydrogen-bond acceptors (Lipinski definition) is 4. The molecular weight excluding hydrogens is 342 g/mol. The molecule has 2 N–H and O–H groups in total. The Hall–Kier alpha value is -2.89. The zero-order valence-electron chi connectivity index (χ0n) is 15.7. The van der Waals surface area contributed by atoms with E-state index in [1.807, 2.05) is 13.8 Å². The normalized spacial score (nSPS) is 14.2. The van der Waals surface area contributed by atoms with E-state index in [0.29, 0.717) is 5.69 Å². The molecule has 0 unspecified atom stereocenters. The van der Waals surface area contributed by atoms with Crippen LogP contribution in [0.2, 0.25) is 0 Å². The van der Waals surface area contributed by atoms with Crippen molar-refractivity contribution in [1.29, 1.82) is 0 Å². The summed E-state index contributed by atoms with van der Waals surface area (Å²) in [7, 11) is 0. The van der Waals surface area contributed by atoms with E-state index >= 15 is 0 Å². The zero-order valence-corrected chi connectivity index (χ0v) is 15.7. The minimum absolute atomic E-state index is 0.0905. The molecule has 2 amide bonds. The first-order valence-electron chi connectivity index (χ1n) is 9.37. The van der Waals surface area contributed by atoms with Gasteiger partial charge in [-0.3, -0.25) is 9.59 Å². The Labute approximate surface area is 159 Å². The van der Waals surface area contributed by atoms with Gasteiger partial charge in [-0.25, -0.2) is 4.98 Å². The number of benzene rings is 1. The Morgan fingerprint density at radius 3 is 2.26 bits per heavy atom. The smallest absolute Gasteiger partial charge is 0.274 e. The second-order valence-electron chi connectivity index (χ2n) is 7.01. The lowest BCUT2D eigenvalue weighted by molar-refractivity contribution is 0.0932. The van der Waals surface area contributed by atoms with Gasteiger partial charge in [0.25, 0.3) is 11.8 Å². The van der Waals surface area contributed by atoms with Crippen molar-refractivity contribution < 1.29 is 14.3 Å². The molecule has 0 spiro atoms. The van der Waals surface area contributed by atoms with Crippen LogP contribution in [-0.4, -0.2) is 28.9 Å². The molecule has 0 saturated heterocycles. The largest absolute Gasteiger partial charge is 0.491 e. The lowest BCUT2D eigenvalue weighted by atomic mass is 10.2. The molecule has 0 aliphatic heterocycles. The topological polar surface area (TPSA) is 80.3 Å². The molecule has 6 heteroatoms.